The first-order chi connectivity index (χ1) is 14.6. The summed E-state index contributed by atoms with van der Waals surface area (Å²) in [7, 11) is 0. The highest BCUT2D eigenvalue weighted by molar-refractivity contribution is 7.17. The van der Waals surface area contributed by atoms with Gasteiger partial charge in [-0.1, -0.05) is 42.5 Å². The molecule has 0 radical (unpaired) electrons. The lowest BCUT2D eigenvalue weighted by molar-refractivity contribution is 0.483. The first-order valence-corrected chi connectivity index (χ1v) is 10.1. The number of aromatic amines is 1. The van der Waals surface area contributed by atoms with Crippen molar-refractivity contribution in [3.8, 4) is 39.1 Å². The van der Waals surface area contributed by atoms with Crippen molar-refractivity contribution >= 4 is 21.6 Å². The Hall–Kier alpha value is -3.77. The summed E-state index contributed by atoms with van der Waals surface area (Å²) in [4.78, 5) is 20.1. The third kappa shape index (κ3) is 3.07. The van der Waals surface area contributed by atoms with Crippen LogP contribution in [0.25, 0.3) is 43.6 Å². The zero-order chi connectivity index (χ0) is 20.7. The molecule has 3 aromatic heterocycles. The highest BCUT2D eigenvalue weighted by atomic mass is 32.1. The third-order valence-electron chi connectivity index (χ3n) is 5.04. The second-order valence-corrected chi connectivity index (χ2v) is 7.74. The number of pyridine rings is 2. The fraction of sp³-hybridized carbons (Fsp3) is 0. The fourth-order valence-electron chi connectivity index (χ4n) is 3.56. The molecule has 0 aliphatic carbocycles. The van der Waals surface area contributed by atoms with E-state index in [0.717, 1.165) is 22.3 Å². The van der Waals surface area contributed by atoms with Gasteiger partial charge in [0.25, 0.3) is 5.56 Å². The molecule has 0 saturated carbocycles. The monoisotopic (exact) mass is 414 g/mol. The van der Waals surface area contributed by atoms with Gasteiger partial charge in [0, 0.05) is 28.9 Å². The topological polar surface area (TPSA) is 66.0 Å². The Kier molecular flexibility index (Phi) is 4.41. The minimum atomic E-state index is -0.354. The minimum Gasteiger partial charge on any atom is -0.506 e. The number of benzene rings is 2. The molecule has 0 bridgehead atoms. The van der Waals surface area contributed by atoms with E-state index in [4.69, 9.17) is 0 Å². The summed E-state index contributed by atoms with van der Waals surface area (Å²) >= 11 is 1.37. The molecule has 0 aliphatic rings. The van der Waals surface area contributed by atoms with Crippen LogP contribution in [-0.2, 0) is 0 Å². The van der Waals surface area contributed by atoms with Crippen LogP contribution in [0.2, 0.25) is 0 Å². The van der Waals surface area contributed by atoms with E-state index in [1.807, 2.05) is 29.6 Å². The summed E-state index contributed by atoms with van der Waals surface area (Å²) in [6.45, 7) is 0. The Morgan fingerprint density at radius 3 is 2.23 bits per heavy atom. The number of rotatable bonds is 3. The summed E-state index contributed by atoms with van der Waals surface area (Å²) in [5.41, 5.74) is 4.04. The van der Waals surface area contributed by atoms with Gasteiger partial charge in [0.15, 0.2) is 0 Å². The average Bonchev–Trinajstić information content (AvgIpc) is 3.19. The minimum absolute atomic E-state index is 0.0550. The lowest BCUT2D eigenvalue weighted by atomic mass is 9.99. The summed E-state index contributed by atoms with van der Waals surface area (Å²) < 4.78 is 13.2. The number of hydrogen-bond acceptors (Lipinski definition) is 4. The lowest BCUT2D eigenvalue weighted by Crippen LogP contribution is -2.08. The summed E-state index contributed by atoms with van der Waals surface area (Å²) in [6.07, 6.45) is 3.17. The van der Waals surface area contributed by atoms with E-state index in [-0.39, 0.29) is 22.7 Å². The Labute approximate surface area is 174 Å². The Morgan fingerprint density at radius 1 is 0.900 bits per heavy atom. The van der Waals surface area contributed by atoms with Gasteiger partial charge in [-0.15, -0.1) is 11.3 Å². The third-order valence-corrected chi connectivity index (χ3v) is 5.94. The Morgan fingerprint density at radius 2 is 1.57 bits per heavy atom. The van der Waals surface area contributed by atoms with Crippen molar-refractivity contribution in [3.05, 3.63) is 94.6 Å². The van der Waals surface area contributed by atoms with Crippen LogP contribution in [0.1, 0.15) is 0 Å². The first kappa shape index (κ1) is 18.3. The number of H-pyrrole nitrogens is 1. The number of hydrogen-bond donors (Lipinski definition) is 2. The zero-order valence-corrected chi connectivity index (χ0v) is 16.4. The van der Waals surface area contributed by atoms with Gasteiger partial charge in [0.2, 0.25) is 0 Å². The number of fused-ring (bicyclic) bond motifs is 1. The van der Waals surface area contributed by atoms with Crippen molar-refractivity contribution in [2.75, 3.05) is 0 Å². The fourth-order valence-corrected chi connectivity index (χ4v) is 4.52. The summed E-state index contributed by atoms with van der Waals surface area (Å²) in [5, 5.41) is 13.5. The number of aromatic hydroxyl groups is 1. The van der Waals surface area contributed by atoms with E-state index < -0.39 is 0 Å². The van der Waals surface area contributed by atoms with Crippen LogP contribution in [0, 0.1) is 5.82 Å². The molecular weight excluding hydrogens is 399 g/mol. The van der Waals surface area contributed by atoms with Gasteiger partial charge >= 0.3 is 0 Å². The molecule has 0 spiro atoms. The maximum Gasteiger partial charge on any atom is 0.260 e. The average molecular weight is 414 g/mol. The molecule has 0 aliphatic heterocycles. The zero-order valence-electron chi connectivity index (χ0n) is 15.6. The number of nitrogens with one attached hydrogen (secondary N) is 1. The molecule has 3 heterocycles. The molecule has 5 rings (SSSR count). The van der Waals surface area contributed by atoms with Crippen LogP contribution in [0.3, 0.4) is 0 Å². The van der Waals surface area contributed by atoms with E-state index >= 15 is 0 Å². The van der Waals surface area contributed by atoms with Crippen molar-refractivity contribution in [2.24, 2.45) is 0 Å². The van der Waals surface area contributed by atoms with Crippen molar-refractivity contribution in [1.82, 2.24) is 9.97 Å². The van der Waals surface area contributed by atoms with Crippen LogP contribution in [0.15, 0.2) is 83.2 Å². The van der Waals surface area contributed by atoms with Crippen LogP contribution in [-0.4, -0.2) is 15.1 Å². The molecular formula is C24H15FN2O2S. The smallest absolute Gasteiger partial charge is 0.260 e. The van der Waals surface area contributed by atoms with Crippen molar-refractivity contribution in [3.63, 3.8) is 0 Å². The van der Waals surface area contributed by atoms with Crippen LogP contribution >= 0.6 is 11.3 Å². The second kappa shape index (κ2) is 7.24. The Balaban J connectivity index is 1.63. The van der Waals surface area contributed by atoms with Crippen molar-refractivity contribution < 1.29 is 9.50 Å². The SMILES string of the molecule is O=c1[nH]c2scc(-c3ccc(-c4ccc(F)cc4)cc3)c2c(O)c1-c1cccnc1. The standard InChI is InChI=1S/C24H15FN2O2S/c25-18-9-7-15(8-10-18)14-3-5-16(6-4-14)19-13-30-24-21(19)22(28)20(23(29)27-24)17-2-1-11-26-12-17/h1-13H,(H2,27,28,29). The van der Waals surface area contributed by atoms with Crippen LogP contribution in [0.4, 0.5) is 4.39 Å². The molecule has 30 heavy (non-hydrogen) atoms. The van der Waals surface area contributed by atoms with Gasteiger partial charge in [-0.05, 0) is 34.9 Å². The van der Waals surface area contributed by atoms with Crippen molar-refractivity contribution in [1.29, 1.82) is 0 Å². The molecule has 6 heteroatoms. The molecule has 0 atom stereocenters. The van der Waals surface area contributed by atoms with E-state index in [1.54, 1.807) is 36.7 Å². The molecule has 0 amide bonds. The van der Waals surface area contributed by atoms with Gasteiger partial charge < -0.3 is 10.1 Å². The quantitative estimate of drug-likeness (QED) is 0.390. The molecule has 5 aromatic rings. The first-order valence-electron chi connectivity index (χ1n) is 9.25. The van der Waals surface area contributed by atoms with Crippen LogP contribution in [0.5, 0.6) is 5.75 Å². The molecule has 146 valence electrons. The van der Waals surface area contributed by atoms with E-state index in [2.05, 4.69) is 9.97 Å². The largest absolute Gasteiger partial charge is 0.506 e. The predicted octanol–water partition coefficient (Wildman–Crippen LogP) is 5.83. The summed E-state index contributed by atoms with van der Waals surface area (Å²) in [6, 6.07) is 17.6. The highest BCUT2D eigenvalue weighted by Gasteiger charge is 2.19. The molecule has 2 N–H and O–H groups in total. The molecule has 0 fully saturated rings. The Bertz CT molecular complexity index is 1410. The molecule has 0 unspecified atom stereocenters. The maximum atomic E-state index is 13.2. The number of nitrogens with zero attached hydrogens (tertiary/aromatic N) is 1. The van der Waals surface area contributed by atoms with Crippen LogP contribution < -0.4 is 5.56 Å². The van der Waals surface area contributed by atoms with Gasteiger partial charge in [-0.2, -0.15) is 0 Å². The van der Waals surface area contributed by atoms with E-state index in [1.165, 1.54) is 23.5 Å². The molecule has 2 aromatic carbocycles. The normalized spacial score (nSPS) is 11.1. The summed E-state index contributed by atoms with van der Waals surface area (Å²) in [5.74, 6) is -0.324. The van der Waals surface area contributed by atoms with Gasteiger partial charge in [-0.25, -0.2) is 4.39 Å². The van der Waals surface area contributed by atoms with Crippen molar-refractivity contribution in [2.45, 2.75) is 0 Å². The second-order valence-electron chi connectivity index (χ2n) is 6.86. The van der Waals surface area contributed by atoms with E-state index in [0.29, 0.717) is 15.8 Å². The van der Waals surface area contributed by atoms with Gasteiger partial charge in [-0.3, -0.25) is 9.78 Å². The number of halogens is 1. The van der Waals surface area contributed by atoms with E-state index in [9.17, 15) is 14.3 Å². The lowest BCUT2D eigenvalue weighted by Gasteiger charge is -2.08. The van der Waals surface area contributed by atoms with Gasteiger partial charge in [0.1, 0.15) is 16.4 Å². The molecule has 4 nitrogen and oxygen atoms in total. The van der Waals surface area contributed by atoms with Gasteiger partial charge in [0.05, 0.1) is 10.9 Å². The molecule has 0 saturated heterocycles. The highest BCUT2D eigenvalue weighted by Crippen LogP contribution is 2.41. The number of aromatic nitrogens is 2. The number of thiophene rings is 1. The maximum absolute atomic E-state index is 13.2. The predicted molar refractivity (Wildman–Crippen MR) is 118 cm³/mol.